The third-order valence-electron chi connectivity index (χ3n) is 2.02. The first kappa shape index (κ1) is 12.1. The summed E-state index contributed by atoms with van der Waals surface area (Å²) in [4.78, 5) is 11.5. The Morgan fingerprint density at radius 3 is 2.93 bits per heavy atom. The van der Waals surface area contributed by atoms with Gasteiger partial charge in [0.15, 0.2) is 0 Å². The minimum Gasteiger partial charge on any atom is -0.377 e. The molecule has 6 heteroatoms. The number of carbonyl (C=O) groups excluding carboxylic acids is 1. The van der Waals surface area contributed by atoms with Crippen LogP contribution in [0.1, 0.15) is 25.3 Å². The van der Waals surface area contributed by atoms with Crippen molar-refractivity contribution in [1.29, 1.82) is 0 Å². The molecule has 1 aromatic heterocycles. The third kappa shape index (κ3) is 3.56. The molecule has 1 heterocycles. The van der Waals surface area contributed by atoms with E-state index in [0.717, 1.165) is 11.4 Å². The van der Waals surface area contributed by atoms with E-state index in [2.05, 4.69) is 15.5 Å². The molecule has 84 valence electrons. The van der Waals surface area contributed by atoms with Crippen LogP contribution in [0.5, 0.6) is 0 Å². The summed E-state index contributed by atoms with van der Waals surface area (Å²) in [6.07, 6.45) is 0.815. The summed E-state index contributed by atoms with van der Waals surface area (Å²) in [7, 11) is 1.60. The lowest BCUT2D eigenvalue weighted by Crippen LogP contribution is -2.19. The summed E-state index contributed by atoms with van der Waals surface area (Å²) in [5.41, 5.74) is 0. The third-order valence-corrected chi connectivity index (χ3v) is 2.84. The van der Waals surface area contributed by atoms with Crippen molar-refractivity contribution in [2.75, 3.05) is 12.4 Å². The molecule has 1 atom stereocenters. The molecule has 0 fully saturated rings. The number of hydrogen-bond donors (Lipinski definition) is 1. The molecule has 0 radical (unpaired) electrons. The first-order valence-corrected chi connectivity index (χ1v) is 5.61. The van der Waals surface area contributed by atoms with Gasteiger partial charge in [-0.1, -0.05) is 25.2 Å². The molecular formula is C9H15N3O2S. The van der Waals surface area contributed by atoms with E-state index in [1.807, 2.05) is 13.8 Å². The Morgan fingerprint density at radius 1 is 1.60 bits per heavy atom. The second-order valence-corrected chi connectivity index (χ2v) is 4.29. The first-order chi connectivity index (χ1) is 7.17. The topological polar surface area (TPSA) is 64.1 Å². The highest BCUT2D eigenvalue weighted by Crippen LogP contribution is 2.16. The summed E-state index contributed by atoms with van der Waals surface area (Å²) < 4.78 is 4.91. The molecule has 1 rings (SSSR count). The van der Waals surface area contributed by atoms with Gasteiger partial charge in [-0.25, -0.2) is 0 Å². The molecule has 0 bridgehead atoms. The van der Waals surface area contributed by atoms with Crippen molar-refractivity contribution in [3.63, 3.8) is 0 Å². The summed E-state index contributed by atoms with van der Waals surface area (Å²) in [5, 5.41) is 11.7. The quantitative estimate of drug-likeness (QED) is 0.834. The number of aromatic nitrogens is 2. The fourth-order valence-electron chi connectivity index (χ4n) is 0.900. The van der Waals surface area contributed by atoms with Gasteiger partial charge in [0.1, 0.15) is 11.6 Å². The van der Waals surface area contributed by atoms with Crippen LogP contribution in [-0.4, -0.2) is 23.2 Å². The van der Waals surface area contributed by atoms with Gasteiger partial charge in [0.25, 0.3) is 0 Å². The Balaban J connectivity index is 2.53. The van der Waals surface area contributed by atoms with Crippen molar-refractivity contribution in [1.82, 2.24) is 10.2 Å². The van der Waals surface area contributed by atoms with Crippen LogP contribution in [0, 0.1) is 5.92 Å². The van der Waals surface area contributed by atoms with Crippen molar-refractivity contribution in [2.24, 2.45) is 5.92 Å². The molecule has 1 aromatic rings. The van der Waals surface area contributed by atoms with E-state index in [-0.39, 0.29) is 11.8 Å². The minimum absolute atomic E-state index is 0.000208. The molecule has 0 aliphatic rings. The Labute approximate surface area is 92.9 Å². The van der Waals surface area contributed by atoms with Gasteiger partial charge < -0.3 is 10.1 Å². The number of carbonyl (C=O) groups is 1. The Morgan fingerprint density at radius 2 is 2.33 bits per heavy atom. The smallest absolute Gasteiger partial charge is 0.229 e. The monoisotopic (exact) mass is 229 g/mol. The number of nitrogens with one attached hydrogen (secondary N) is 1. The van der Waals surface area contributed by atoms with Crippen molar-refractivity contribution < 1.29 is 9.53 Å². The first-order valence-electron chi connectivity index (χ1n) is 4.79. The maximum atomic E-state index is 11.5. The van der Waals surface area contributed by atoms with Crippen molar-refractivity contribution in [3.8, 4) is 0 Å². The zero-order chi connectivity index (χ0) is 11.3. The largest absolute Gasteiger partial charge is 0.377 e. The molecule has 0 spiro atoms. The number of hydrogen-bond acceptors (Lipinski definition) is 5. The number of rotatable bonds is 5. The van der Waals surface area contributed by atoms with E-state index in [9.17, 15) is 4.79 Å². The van der Waals surface area contributed by atoms with Crippen LogP contribution >= 0.6 is 11.3 Å². The van der Waals surface area contributed by atoms with E-state index in [1.165, 1.54) is 11.3 Å². The van der Waals surface area contributed by atoms with E-state index >= 15 is 0 Å². The Bertz CT molecular complexity index is 327. The van der Waals surface area contributed by atoms with Gasteiger partial charge in [0.2, 0.25) is 11.0 Å². The molecule has 0 saturated carbocycles. The molecule has 0 aliphatic carbocycles. The van der Waals surface area contributed by atoms with E-state index in [4.69, 9.17) is 4.74 Å². The van der Waals surface area contributed by atoms with Crippen molar-refractivity contribution in [2.45, 2.75) is 26.9 Å². The van der Waals surface area contributed by atoms with Gasteiger partial charge in [-0.05, 0) is 6.42 Å². The van der Waals surface area contributed by atoms with Crippen molar-refractivity contribution >= 4 is 22.4 Å². The predicted octanol–water partition coefficient (Wildman–Crippen LogP) is 1.67. The molecular weight excluding hydrogens is 214 g/mol. The summed E-state index contributed by atoms with van der Waals surface area (Å²) in [6.45, 7) is 4.28. The Hall–Kier alpha value is -1.01. The zero-order valence-electron chi connectivity index (χ0n) is 9.11. The lowest BCUT2D eigenvalue weighted by molar-refractivity contribution is -0.119. The fraction of sp³-hybridized carbons (Fsp3) is 0.667. The number of ether oxygens (including phenoxy) is 1. The molecule has 15 heavy (non-hydrogen) atoms. The summed E-state index contributed by atoms with van der Waals surface area (Å²) >= 11 is 1.33. The van der Waals surface area contributed by atoms with Crippen LogP contribution < -0.4 is 5.32 Å². The molecule has 5 nitrogen and oxygen atoms in total. The fourth-order valence-corrected chi connectivity index (χ4v) is 1.61. The van der Waals surface area contributed by atoms with Gasteiger partial charge in [0, 0.05) is 13.0 Å². The molecule has 0 aromatic carbocycles. The van der Waals surface area contributed by atoms with Crippen LogP contribution in [0.15, 0.2) is 0 Å². The lowest BCUT2D eigenvalue weighted by Gasteiger charge is -2.05. The number of methoxy groups -OCH3 is 1. The van der Waals surface area contributed by atoms with Crippen LogP contribution in [0.2, 0.25) is 0 Å². The van der Waals surface area contributed by atoms with Crippen LogP contribution in [0.3, 0.4) is 0 Å². The highest BCUT2D eigenvalue weighted by atomic mass is 32.1. The lowest BCUT2D eigenvalue weighted by atomic mass is 10.1. The van der Waals surface area contributed by atoms with E-state index in [1.54, 1.807) is 7.11 Å². The van der Waals surface area contributed by atoms with Crippen LogP contribution in [0.4, 0.5) is 5.13 Å². The van der Waals surface area contributed by atoms with Gasteiger partial charge in [-0.3, -0.25) is 4.79 Å². The molecule has 1 N–H and O–H groups in total. The Kier molecular flexibility index (Phi) is 4.64. The summed E-state index contributed by atoms with van der Waals surface area (Å²) in [6, 6.07) is 0. The maximum Gasteiger partial charge on any atom is 0.229 e. The molecule has 0 aliphatic heterocycles. The average molecular weight is 229 g/mol. The SMILES string of the molecule is CCC(C)C(=O)Nc1nnc(COC)s1. The molecule has 1 amide bonds. The summed E-state index contributed by atoms with van der Waals surface area (Å²) in [5.74, 6) is -0.0163. The second-order valence-electron chi connectivity index (χ2n) is 3.23. The van der Waals surface area contributed by atoms with E-state index < -0.39 is 0 Å². The predicted molar refractivity (Wildman–Crippen MR) is 58.7 cm³/mol. The minimum atomic E-state index is -0.0161. The van der Waals surface area contributed by atoms with Crippen LogP contribution in [0.25, 0.3) is 0 Å². The van der Waals surface area contributed by atoms with Gasteiger partial charge in [0.05, 0.1) is 0 Å². The average Bonchev–Trinajstić information content (AvgIpc) is 2.65. The number of anilines is 1. The van der Waals surface area contributed by atoms with Crippen LogP contribution in [-0.2, 0) is 16.1 Å². The van der Waals surface area contributed by atoms with Crippen molar-refractivity contribution in [3.05, 3.63) is 5.01 Å². The normalized spacial score (nSPS) is 12.5. The molecule has 0 saturated heterocycles. The maximum absolute atomic E-state index is 11.5. The standard InChI is InChI=1S/C9H15N3O2S/c1-4-6(2)8(13)10-9-12-11-7(15-9)5-14-3/h6H,4-5H2,1-3H3,(H,10,12,13). The van der Waals surface area contributed by atoms with E-state index in [0.29, 0.717) is 11.7 Å². The second kappa shape index (κ2) is 5.77. The molecule has 1 unspecified atom stereocenters. The van der Waals surface area contributed by atoms with Gasteiger partial charge >= 0.3 is 0 Å². The zero-order valence-corrected chi connectivity index (χ0v) is 9.93. The number of amides is 1. The van der Waals surface area contributed by atoms with Gasteiger partial charge in [-0.15, -0.1) is 10.2 Å². The highest BCUT2D eigenvalue weighted by Gasteiger charge is 2.13. The number of nitrogens with zero attached hydrogens (tertiary/aromatic N) is 2. The van der Waals surface area contributed by atoms with Gasteiger partial charge in [-0.2, -0.15) is 0 Å². The highest BCUT2D eigenvalue weighted by molar-refractivity contribution is 7.15.